The number of hydrogen-bond donors (Lipinski definition) is 1. The first kappa shape index (κ1) is 14.4. The monoisotopic (exact) mass is 288 g/mol. The van der Waals surface area contributed by atoms with Gasteiger partial charge in [-0.25, -0.2) is 0 Å². The van der Waals surface area contributed by atoms with Crippen molar-refractivity contribution in [1.29, 1.82) is 0 Å². The van der Waals surface area contributed by atoms with E-state index in [1.54, 1.807) is 0 Å². The summed E-state index contributed by atoms with van der Waals surface area (Å²) >= 11 is 0. The van der Waals surface area contributed by atoms with Crippen LogP contribution in [0.2, 0.25) is 0 Å². The summed E-state index contributed by atoms with van der Waals surface area (Å²) in [5.74, 6) is 1.58. The number of para-hydroxylation sites is 1. The van der Waals surface area contributed by atoms with Crippen LogP contribution in [0.15, 0.2) is 24.3 Å². The number of rotatable bonds is 3. The van der Waals surface area contributed by atoms with E-state index in [0.29, 0.717) is 19.1 Å². The number of nitrogens with zero attached hydrogens (tertiary/aromatic N) is 1. The number of amides is 1. The van der Waals surface area contributed by atoms with Gasteiger partial charge in [-0.15, -0.1) is 0 Å². The van der Waals surface area contributed by atoms with E-state index in [4.69, 9.17) is 10.5 Å². The van der Waals surface area contributed by atoms with Gasteiger partial charge in [-0.3, -0.25) is 4.79 Å². The third kappa shape index (κ3) is 2.64. The molecule has 1 saturated heterocycles. The fourth-order valence-electron chi connectivity index (χ4n) is 3.59. The first-order chi connectivity index (χ1) is 10.2. The van der Waals surface area contributed by atoms with E-state index in [-0.39, 0.29) is 17.9 Å². The van der Waals surface area contributed by atoms with Gasteiger partial charge in [0.1, 0.15) is 18.3 Å². The van der Waals surface area contributed by atoms with Crippen molar-refractivity contribution in [3.63, 3.8) is 0 Å². The van der Waals surface area contributed by atoms with E-state index in [1.165, 1.54) is 6.42 Å². The molecule has 1 aromatic rings. The first-order valence-corrected chi connectivity index (χ1v) is 7.96. The van der Waals surface area contributed by atoms with Gasteiger partial charge in [0.15, 0.2) is 0 Å². The summed E-state index contributed by atoms with van der Waals surface area (Å²) in [7, 11) is 0. The molecule has 3 atom stereocenters. The second-order valence-corrected chi connectivity index (χ2v) is 6.12. The average molecular weight is 288 g/mol. The van der Waals surface area contributed by atoms with Crippen molar-refractivity contribution < 1.29 is 9.53 Å². The second kappa shape index (κ2) is 6.06. The molecule has 0 aromatic heterocycles. The highest BCUT2D eigenvalue weighted by molar-refractivity contribution is 5.86. The molecule has 3 rings (SSSR count). The summed E-state index contributed by atoms with van der Waals surface area (Å²) in [6.07, 6.45) is 3.30. The zero-order chi connectivity index (χ0) is 14.8. The molecule has 1 fully saturated rings. The number of carbonyl (C=O) groups excluding carboxylic acids is 1. The van der Waals surface area contributed by atoms with E-state index in [9.17, 15) is 4.79 Å². The minimum atomic E-state index is -0.159. The number of ether oxygens (including phenoxy) is 1. The first-order valence-electron chi connectivity index (χ1n) is 7.96. The average Bonchev–Trinajstić information content (AvgIpc) is 2.97. The normalized spacial score (nSPS) is 28.1. The Labute approximate surface area is 126 Å². The van der Waals surface area contributed by atoms with Gasteiger partial charge in [0.05, 0.1) is 0 Å². The molecular formula is C17H24N2O2. The predicted molar refractivity (Wildman–Crippen MR) is 82.2 cm³/mol. The molecule has 114 valence electrons. The quantitative estimate of drug-likeness (QED) is 0.927. The number of fused-ring (bicyclic) bond motifs is 1. The molecule has 3 unspecified atom stereocenters. The van der Waals surface area contributed by atoms with E-state index in [2.05, 4.69) is 6.92 Å². The van der Waals surface area contributed by atoms with Gasteiger partial charge in [0, 0.05) is 24.7 Å². The van der Waals surface area contributed by atoms with Crippen LogP contribution in [-0.2, 0) is 4.79 Å². The molecule has 1 amide bonds. The third-order valence-corrected chi connectivity index (χ3v) is 4.95. The summed E-state index contributed by atoms with van der Waals surface area (Å²) in [4.78, 5) is 14.9. The summed E-state index contributed by atoms with van der Waals surface area (Å²) in [6, 6.07) is 8.04. The van der Waals surface area contributed by atoms with E-state index < -0.39 is 0 Å². The Bertz CT molecular complexity index is 517. The van der Waals surface area contributed by atoms with Gasteiger partial charge in [0.25, 0.3) is 0 Å². The Morgan fingerprint density at radius 2 is 2.24 bits per heavy atom. The number of hydrogen-bond acceptors (Lipinski definition) is 3. The minimum absolute atomic E-state index is 0.159. The Balaban J connectivity index is 1.76. The Hall–Kier alpha value is -1.55. The molecule has 2 N–H and O–H groups in total. The second-order valence-electron chi connectivity index (χ2n) is 6.12. The summed E-state index contributed by atoms with van der Waals surface area (Å²) in [5.41, 5.74) is 6.94. The highest BCUT2D eigenvalue weighted by atomic mass is 16.5. The number of benzene rings is 1. The van der Waals surface area contributed by atoms with Gasteiger partial charge in [-0.2, -0.15) is 0 Å². The maximum atomic E-state index is 12.9. The van der Waals surface area contributed by atoms with Crippen LogP contribution in [0.3, 0.4) is 0 Å². The molecule has 0 spiro atoms. The lowest BCUT2D eigenvalue weighted by Gasteiger charge is -2.40. The van der Waals surface area contributed by atoms with Crippen molar-refractivity contribution in [3.05, 3.63) is 29.8 Å². The van der Waals surface area contributed by atoms with Gasteiger partial charge < -0.3 is 15.4 Å². The summed E-state index contributed by atoms with van der Waals surface area (Å²) < 4.78 is 5.66. The molecule has 0 bridgehead atoms. The van der Waals surface area contributed by atoms with Crippen LogP contribution in [-0.4, -0.2) is 36.5 Å². The SMILES string of the molecule is CCC1CCN(C(=O)C2COc3ccccc32)C(CN)C1. The molecular weight excluding hydrogens is 264 g/mol. The zero-order valence-corrected chi connectivity index (χ0v) is 12.6. The Morgan fingerprint density at radius 3 is 3.00 bits per heavy atom. The fraction of sp³-hybridized carbons (Fsp3) is 0.588. The third-order valence-electron chi connectivity index (χ3n) is 4.95. The minimum Gasteiger partial charge on any atom is -0.492 e. The highest BCUT2D eigenvalue weighted by Gasteiger charge is 2.37. The van der Waals surface area contributed by atoms with Gasteiger partial charge in [-0.05, 0) is 24.8 Å². The molecule has 21 heavy (non-hydrogen) atoms. The number of likely N-dealkylation sites (tertiary alicyclic amines) is 1. The lowest BCUT2D eigenvalue weighted by Crippen LogP contribution is -2.51. The molecule has 2 aliphatic rings. The van der Waals surface area contributed by atoms with Crippen LogP contribution in [0.1, 0.15) is 37.7 Å². The number of piperidine rings is 1. The van der Waals surface area contributed by atoms with Gasteiger partial charge in [0.2, 0.25) is 5.91 Å². The smallest absolute Gasteiger partial charge is 0.234 e. The van der Waals surface area contributed by atoms with E-state index in [0.717, 1.165) is 30.7 Å². The van der Waals surface area contributed by atoms with Crippen molar-refractivity contribution in [2.75, 3.05) is 19.7 Å². The van der Waals surface area contributed by atoms with Crippen molar-refractivity contribution in [2.24, 2.45) is 11.7 Å². The lowest BCUT2D eigenvalue weighted by atomic mass is 9.87. The molecule has 2 aliphatic heterocycles. The molecule has 4 heteroatoms. The van der Waals surface area contributed by atoms with Gasteiger partial charge in [-0.1, -0.05) is 31.5 Å². The lowest BCUT2D eigenvalue weighted by molar-refractivity contribution is -0.137. The van der Waals surface area contributed by atoms with Crippen molar-refractivity contribution in [1.82, 2.24) is 4.90 Å². The maximum Gasteiger partial charge on any atom is 0.234 e. The maximum absolute atomic E-state index is 12.9. The largest absolute Gasteiger partial charge is 0.492 e. The summed E-state index contributed by atoms with van der Waals surface area (Å²) in [6.45, 7) is 4.06. The van der Waals surface area contributed by atoms with Crippen LogP contribution in [0, 0.1) is 5.92 Å². The van der Waals surface area contributed by atoms with Crippen LogP contribution >= 0.6 is 0 Å². The number of nitrogens with two attached hydrogens (primary N) is 1. The standard InChI is InChI=1S/C17H24N2O2/c1-2-12-7-8-19(13(9-12)10-18)17(20)15-11-21-16-6-4-3-5-14(15)16/h3-6,12-13,15H,2,7-11,18H2,1H3. The molecule has 2 heterocycles. The van der Waals surface area contributed by atoms with Crippen LogP contribution in [0.25, 0.3) is 0 Å². The topological polar surface area (TPSA) is 55.6 Å². The van der Waals surface area contributed by atoms with Crippen molar-refractivity contribution in [3.8, 4) is 5.75 Å². The molecule has 0 aliphatic carbocycles. The fourth-order valence-corrected chi connectivity index (χ4v) is 3.59. The molecule has 0 saturated carbocycles. The van der Waals surface area contributed by atoms with Crippen molar-refractivity contribution in [2.45, 2.75) is 38.1 Å². The zero-order valence-electron chi connectivity index (χ0n) is 12.6. The van der Waals surface area contributed by atoms with Crippen LogP contribution < -0.4 is 10.5 Å². The van der Waals surface area contributed by atoms with E-state index >= 15 is 0 Å². The molecule has 0 radical (unpaired) electrons. The molecule has 4 nitrogen and oxygen atoms in total. The van der Waals surface area contributed by atoms with Gasteiger partial charge >= 0.3 is 0 Å². The van der Waals surface area contributed by atoms with E-state index in [1.807, 2.05) is 29.2 Å². The van der Waals surface area contributed by atoms with Crippen LogP contribution in [0.5, 0.6) is 5.75 Å². The highest BCUT2D eigenvalue weighted by Crippen LogP contribution is 2.36. The van der Waals surface area contributed by atoms with Crippen molar-refractivity contribution >= 4 is 5.91 Å². The predicted octanol–water partition coefficient (Wildman–Crippen LogP) is 2.14. The van der Waals surface area contributed by atoms with Crippen LogP contribution in [0.4, 0.5) is 0 Å². The summed E-state index contributed by atoms with van der Waals surface area (Å²) in [5, 5.41) is 0. The Morgan fingerprint density at radius 1 is 1.43 bits per heavy atom. The molecule has 1 aromatic carbocycles. The number of carbonyl (C=O) groups is 1. The Kier molecular flexibility index (Phi) is 4.15.